The smallest absolute Gasteiger partial charge is 0.251 e. The molecule has 0 saturated heterocycles. The predicted octanol–water partition coefficient (Wildman–Crippen LogP) is 4.94. The first-order valence-electron chi connectivity index (χ1n) is 10.5. The molecule has 1 N–H and O–H groups in total. The molecule has 0 unspecified atom stereocenters. The molecule has 162 valence electrons. The molecular weight excluding hydrogens is 426 g/mol. The summed E-state index contributed by atoms with van der Waals surface area (Å²) < 4.78 is 10.9. The van der Waals surface area contributed by atoms with Crippen molar-refractivity contribution in [2.24, 2.45) is 0 Å². The van der Waals surface area contributed by atoms with E-state index in [1.165, 1.54) is 0 Å². The number of fused-ring (bicyclic) bond motifs is 1. The highest BCUT2D eigenvalue weighted by Gasteiger charge is 2.50. The third kappa shape index (κ3) is 3.63. The second-order valence-corrected chi connectivity index (χ2v) is 8.63. The van der Waals surface area contributed by atoms with E-state index >= 15 is 0 Å². The highest BCUT2D eigenvalue weighted by Crippen LogP contribution is 2.51. The summed E-state index contributed by atoms with van der Waals surface area (Å²) in [5.41, 5.74) is 3.78. The zero-order valence-corrected chi connectivity index (χ0v) is 18.4. The number of nitrogens with one attached hydrogen (secondary N) is 1. The highest BCUT2D eigenvalue weighted by atomic mass is 35.5. The van der Waals surface area contributed by atoms with Gasteiger partial charge in [0, 0.05) is 29.6 Å². The van der Waals surface area contributed by atoms with Crippen molar-refractivity contribution in [3.05, 3.63) is 82.4 Å². The average molecular weight is 448 g/mol. The Kier molecular flexibility index (Phi) is 5.14. The third-order valence-electron chi connectivity index (χ3n) is 6.29. The second kappa shape index (κ2) is 7.99. The van der Waals surface area contributed by atoms with Gasteiger partial charge in [-0.25, -0.2) is 0 Å². The number of ketones is 1. The van der Waals surface area contributed by atoms with Gasteiger partial charge < -0.3 is 14.8 Å². The summed E-state index contributed by atoms with van der Waals surface area (Å²) in [7, 11) is 1.60. The lowest BCUT2D eigenvalue weighted by molar-refractivity contribution is -0.120. The molecule has 3 aromatic carbocycles. The van der Waals surface area contributed by atoms with Crippen molar-refractivity contribution < 1.29 is 19.1 Å². The third-order valence-corrected chi connectivity index (χ3v) is 6.62. The lowest BCUT2D eigenvalue weighted by Gasteiger charge is -2.16. The fourth-order valence-corrected chi connectivity index (χ4v) is 4.48. The van der Waals surface area contributed by atoms with Crippen LogP contribution in [-0.2, 0) is 16.6 Å². The number of Topliss-reactive ketones (excluding diaryl/α,β-unsaturated/α-hetero) is 1. The molecule has 1 heterocycles. The van der Waals surface area contributed by atoms with Gasteiger partial charge in [0.1, 0.15) is 5.78 Å². The Hall–Kier alpha value is -3.31. The van der Waals surface area contributed by atoms with E-state index < -0.39 is 5.41 Å². The Morgan fingerprint density at radius 3 is 2.44 bits per heavy atom. The van der Waals surface area contributed by atoms with Gasteiger partial charge >= 0.3 is 0 Å². The van der Waals surface area contributed by atoms with Gasteiger partial charge in [0.15, 0.2) is 11.5 Å². The zero-order valence-electron chi connectivity index (χ0n) is 17.6. The van der Waals surface area contributed by atoms with Crippen molar-refractivity contribution in [1.82, 2.24) is 5.32 Å². The fourth-order valence-electron chi connectivity index (χ4n) is 4.25. The summed E-state index contributed by atoms with van der Waals surface area (Å²) >= 11 is 6.46. The van der Waals surface area contributed by atoms with Crippen molar-refractivity contribution in [2.75, 3.05) is 13.8 Å². The molecule has 32 heavy (non-hydrogen) atoms. The van der Waals surface area contributed by atoms with Gasteiger partial charge in [-0.3, -0.25) is 9.59 Å². The Morgan fingerprint density at radius 1 is 0.969 bits per heavy atom. The minimum atomic E-state index is -0.448. The maximum Gasteiger partial charge on any atom is 0.251 e. The molecule has 1 saturated carbocycles. The van der Waals surface area contributed by atoms with E-state index in [1.54, 1.807) is 19.2 Å². The monoisotopic (exact) mass is 447 g/mol. The molecule has 5 nitrogen and oxygen atoms in total. The van der Waals surface area contributed by atoms with Crippen LogP contribution >= 0.6 is 11.6 Å². The van der Waals surface area contributed by atoms with E-state index in [0.717, 1.165) is 40.8 Å². The number of amides is 1. The molecule has 0 aromatic heterocycles. The van der Waals surface area contributed by atoms with Gasteiger partial charge in [0.2, 0.25) is 6.79 Å². The van der Waals surface area contributed by atoms with Crippen LogP contribution < -0.4 is 14.8 Å². The molecule has 1 aliphatic heterocycles. The minimum absolute atomic E-state index is 0.139. The Balaban J connectivity index is 1.38. The summed E-state index contributed by atoms with van der Waals surface area (Å²) in [4.78, 5) is 25.1. The van der Waals surface area contributed by atoms with Gasteiger partial charge in [-0.15, -0.1) is 0 Å². The molecule has 0 bridgehead atoms. The number of rotatable bonds is 6. The number of benzene rings is 3. The minimum Gasteiger partial charge on any atom is -0.454 e. The van der Waals surface area contributed by atoms with Crippen molar-refractivity contribution in [2.45, 2.75) is 24.7 Å². The summed E-state index contributed by atoms with van der Waals surface area (Å²) in [6.07, 6.45) is 2.01. The normalized spacial score (nSPS) is 15.3. The lowest BCUT2D eigenvalue weighted by Crippen LogP contribution is -2.22. The molecule has 1 aliphatic carbocycles. The van der Waals surface area contributed by atoms with Crippen LogP contribution in [-0.4, -0.2) is 25.5 Å². The number of hydrogen-bond donors (Lipinski definition) is 1. The van der Waals surface area contributed by atoms with E-state index in [9.17, 15) is 9.59 Å². The van der Waals surface area contributed by atoms with Crippen LogP contribution in [0.5, 0.6) is 11.5 Å². The molecule has 5 rings (SSSR count). The molecule has 0 atom stereocenters. The van der Waals surface area contributed by atoms with Gasteiger partial charge in [0.25, 0.3) is 5.91 Å². The van der Waals surface area contributed by atoms with Crippen LogP contribution in [0, 0.1) is 0 Å². The van der Waals surface area contributed by atoms with Crippen LogP contribution in [0.3, 0.4) is 0 Å². The predicted molar refractivity (Wildman–Crippen MR) is 122 cm³/mol. The molecule has 1 amide bonds. The first-order chi connectivity index (χ1) is 15.5. The SMILES string of the molecule is CNC(=O)c1ccc(-c2cc(CC(=O)C3(c4ccc5c(c4)OCO5)CC3)ccc2Cl)cc1. The first-order valence-corrected chi connectivity index (χ1v) is 10.9. The van der Waals surface area contributed by atoms with Gasteiger partial charge in [-0.05, 0) is 65.9 Å². The molecule has 2 aliphatic rings. The molecule has 0 spiro atoms. The standard InChI is InChI=1S/C26H22ClNO4/c1-28-25(30)18-5-3-17(4-6-18)20-12-16(2-8-21(20)27)13-24(29)26(10-11-26)19-7-9-22-23(14-19)32-15-31-22/h2-9,12,14H,10-11,13,15H2,1H3,(H,28,30). The number of ether oxygens (including phenoxy) is 2. The van der Waals surface area contributed by atoms with Gasteiger partial charge in [-0.2, -0.15) is 0 Å². The summed E-state index contributed by atoms with van der Waals surface area (Å²) in [6, 6.07) is 18.7. The topological polar surface area (TPSA) is 64.6 Å². The maximum absolute atomic E-state index is 13.3. The summed E-state index contributed by atoms with van der Waals surface area (Å²) in [5, 5.41) is 3.22. The molecule has 3 aromatic rings. The molecular formula is C26H22ClNO4. The van der Waals surface area contributed by atoms with Crippen LogP contribution in [0.25, 0.3) is 11.1 Å². The van der Waals surface area contributed by atoms with E-state index in [-0.39, 0.29) is 18.5 Å². The Morgan fingerprint density at radius 2 is 1.72 bits per heavy atom. The van der Waals surface area contributed by atoms with E-state index in [4.69, 9.17) is 21.1 Å². The average Bonchev–Trinajstić information content (AvgIpc) is 3.50. The molecule has 1 fully saturated rings. The Labute approximate surface area is 191 Å². The maximum atomic E-state index is 13.3. The summed E-state index contributed by atoms with van der Waals surface area (Å²) in [6.45, 7) is 0.220. The van der Waals surface area contributed by atoms with Crippen molar-refractivity contribution in [3.8, 4) is 22.6 Å². The molecule has 6 heteroatoms. The van der Waals surface area contributed by atoms with E-state index in [1.807, 2.05) is 48.5 Å². The zero-order chi connectivity index (χ0) is 22.3. The number of hydrogen-bond acceptors (Lipinski definition) is 4. The first kappa shape index (κ1) is 20.6. The Bertz CT molecular complexity index is 1210. The summed E-state index contributed by atoms with van der Waals surface area (Å²) in [5.74, 6) is 1.48. The lowest BCUT2D eigenvalue weighted by atomic mass is 9.87. The van der Waals surface area contributed by atoms with Gasteiger partial charge in [-0.1, -0.05) is 35.9 Å². The van der Waals surface area contributed by atoms with Gasteiger partial charge in [0.05, 0.1) is 5.41 Å². The van der Waals surface area contributed by atoms with E-state index in [2.05, 4.69) is 5.32 Å². The van der Waals surface area contributed by atoms with Crippen LogP contribution in [0.1, 0.15) is 34.3 Å². The number of carbonyl (C=O) groups is 2. The van der Waals surface area contributed by atoms with Crippen LogP contribution in [0.4, 0.5) is 0 Å². The van der Waals surface area contributed by atoms with E-state index in [0.29, 0.717) is 22.8 Å². The number of halogens is 1. The van der Waals surface area contributed by atoms with Crippen molar-refractivity contribution in [1.29, 1.82) is 0 Å². The van der Waals surface area contributed by atoms with Crippen molar-refractivity contribution >= 4 is 23.3 Å². The largest absolute Gasteiger partial charge is 0.454 e. The quantitative estimate of drug-likeness (QED) is 0.581. The van der Waals surface area contributed by atoms with Crippen LogP contribution in [0.15, 0.2) is 60.7 Å². The fraction of sp³-hybridized carbons (Fsp3) is 0.231. The van der Waals surface area contributed by atoms with Crippen LogP contribution in [0.2, 0.25) is 5.02 Å². The number of carbonyl (C=O) groups excluding carboxylic acids is 2. The second-order valence-electron chi connectivity index (χ2n) is 8.22. The molecule has 0 radical (unpaired) electrons. The van der Waals surface area contributed by atoms with Crippen molar-refractivity contribution in [3.63, 3.8) is 0 Å². The highest BCUT2D eigenvalue weighted by molar-refractivity contribution is 6.33.